The van der Waals surface area contributed by atoms with Crippen LogP contribution in [0.25, 0.3) is 0 Å². The Kier molecular flexibility index (Phi) is 10.1. The highest BCUT2D eigenvalue weighted by Crippen LogP contribution is 2.27. The van der Waals surface area contributed by atoms with E-state index in [0.717, 1.165) is 21.5 Å². The number of sulfonamides is 1. The van der Waals surface area contributed by atoms with Crippen LogP contribution in [0.15, 0.2) is 120 Å². The van der Waals surface area contributed by atoms with Crippen LogP contribution in [-0.2, 0) is 32.6 Å². The van der Waals surface area contributed by atoms with Crippen molar-refractivity contribution in [2.45, 2.75) is 43.8 Å². The van der Waals surface area contributed by atoms with E-state index in [1.807, 2.05) is 74.5 Å². The lowest BCUT2D eigenvalue weighted by atomic mass is 10.0. The Hall–Kier alpha value is -4.50. The van der Waals surface area contributed by atoms with Gasteiger partial charge in [0, 0.05) is 19.0 Å². The molecule has 0 heterocycles. The summed E-state index contributed by atoms with van der Waals surface area (Å²) >= 11 is 0. The minimum atomic E-state index is -4.36. The van der Waals surface area contributed by atoms with E-state index in [1.165, 1.54) is 35.2 Å². The smallest absolute Gasteiger partial charge is 0.264 e. The van der Waals surface area contributed by atoms with Gasteiger partial charge in [-0.05, 0) is 49.2 Å². The molecule has 4 aromatic rings. The van der Waals surface area contributed by atoms with Gasteiger partial charge in [0.1, 0.15) is 18.4 Å². The molecule has 0 aliphatic rings. The molecule has 1 atom stereocenters. The normalized spacial score (nSPS) is 12.0. The Balaban J connectivity index is 1.79. The van der Waals surface area contributed by atoms with Gasteiger partial charge in [-0.1, -0.05) is 91.0 Å². The maximum Gasteiger partial charge on any atom is 0.264 e. The topological polar surface area (TPSA) is 86.8 Å². The van der Waals surface area contributed by atoms with E-state index in [1.54, 1.807) is 18.2 Å². The van der Waals surface area contributed by atoms with Crippen LogP contribution in [0.3, 0.4) is 0 Å². The summed E-state index contributed by atoms with van der Waals surface area (Å²) in [5, 5.41) is 2.91. The lowest BCUT2D eigenvalue weighted by Gasteiger charge is -2.34. The minimum absolute atomic E-state index is 0.0409. The molecule has 2 amide bonds. The standard InChI is InChI=1S/C33H34FN3O4S/c1-25(2)35-33(39)31(22-26-14-6-3-7-15-26)36(23-27-16-8-4-9-17-27)32(38)24-37(30-21-13-12-20-29(30)34)42(40,41)28-18-10-5-11-19-28/h3-21,25,31H,22-24H2,1-2H3,(H,35,39)/t31-/m0/s1. The van der Waals surface area contributed by atoms with Gasteiger partial charge in [-0.15, -0.1) is 0 Å². The van der Waals surface area contributed by atoms with Crippen LogP contribution in [0, 0.1) is 5.82 Å². The zero-order chi connectivity index (χ0) is 30.1. The van der Waals surface area contributed by atoms with Gasteiger partial charge in [0.15, 0.2) is 0 Å². The number of benzene rings is 4. The van der Waals surface area contributed by atoms with Gasteiger partial charge >= 0.3 is 0 Å². The number of nitrogens with one attached hydrogen (secondary N) is 1. The largest absolute Gasteiger partial charge is 0.352 e. The van der Waals surface area contributed by atoms with E-state index in [-0.39, 0.29) is 35.5 Å². The van der Waals surface area contributed by atoms with Crippen LogP contribution in [0.5, 0.6) is 0 Å². The number of nitrogens with zero attached hydrogens (tertiary/aromatic N) is 2. The average molecular weight is 588 g/mol. The summed E-state index contributed by atoms with van der Waals surface area (Å²) in [6.45, 7) is 2.98. The third kappa shape index (κ3) is 7.61. The Morgan fingerprint density at radius 3 is 1.86 bits per heavy atom. The summed E-state index contributed by atoms with van der Waals surface area (Å²) in [4.78, 5) is 29.2. The molecule has 0 aliphatic heterocycles. The fraction of sp³-hybridized carbons (Fsp3) is 0.212. The van der Waals surface area contributed by atoms with Gasteiger partial charge in [0.25, 0.3) is 10.0 Å². The van der Waals surface area contributed by atoms with Crippen molar-refractivity contribution < 1.29 is 22.4 Å². The first-order chi connectivity index (χ1) is 20.2. The van der Waals surface area contributed by atoms with Gasteiger partial charge in [-0.3, -0.25) is 13.9 Å². The first-order valence-corrected chi connectivity index (χ1v) is 15.1. The van der Waals surface area contributed by atoms with Crippen molar-refractivity contribution >= 4 is 27.5 Å². The number of para-hydroxylation sites is 1. The molecule has 0 aromatic heterocycles. The molecule has 0 spiro atoms. The second-order valence-corrected chi connectivity index (χ2v) is 12.0. The molecular formula is C33H34FN3O4S. The Labute approximate surface area is 246 Å². The third-order valence-electron chi connectivity index (χ3n) is 6.63. The lowest BCUT2D eigenvalue weighted by Crippen LogP contribution is -2.54. The molecule has 9 heteroatoms. The quantitative estimate of drug-likeness (QED) is 0.247. The monoisotopic (exact) mass is 587 g/mol. The molecule has 4 rings (SSSR count). The van der Waals surface area contributed by atoms with E-state index in [0.29, 0.717) is 0 Å². The van der Waals surface area contributed by atoms with E-state index >= 15 is 4.39 Å². The average Bonchev–Trinajstić information content (AvgIpc) is 2.99. The molecule has 0 unspecified atom stereocenters. The fourth-order valence-electron chi connectivity index (χ4n) is 4.60. The van der Waals surface area contributed by atoms with Crippen molar-refractivity contribution in [3.8, 4) is 0 Å². The second-order valence-electron chi connectivity index (χ2n) is 10.2. The first-order valence-electron chi connectivity index (χ1n) is 13.7. The maximum atomic E-state index is 15.1. The van der Waals surface area contributed by atoms with Crippen molar-refractivity contribution in [2.75, 3.05) is 10.8 Å². The van der Waals surface area contributed by atoms with E-state index in [4.69, 9.17) is 0 Å². The van der Waals surface area contributed by atoms with Crippen molar-refractivity contribution in [3.63, 3.8) is 0 Å². The number of rotatable bonds is 12. The SMILES string of the molecule is CC(C)NC(=O)[C@H](Cc1ccccc1)N(Cc1ccccc1)C(=O)CN(c1ccccc1F)S(=O)(=O)c1ccccc1. The van der Waals surface area contributed by atoms with Crippen LogP contribution in [0.4, 0.5) is 10.1 Å². The molecule has 0 saturated heterocycles. The third-order valence-corrected chi connectivity index (χ3v) is 8.40. The van der Waals surface area contributed by atoms with Crippen molar-refractivity contribution in [1.82, 2.24) is 10.2 Å². The molecule has 7 nitrogen and oxygen atoms in total. The van der Waals surface area contributed by atoms with Gasteiger partial charge in [0.2, 0.25) is 11.8 Å². The molecular weight excluding hydrogens is 553 g/mol. The second kappa shape index (κ2) is 13.9. The summed E-state index contributed by atoms with van der Waals surface area (Å²) in [5.41, 5.74) is 1.32. The van der Waals surface area contributed by atoms with Crippen LogP contribution >= 0.6 is 0 Å². The minimum Gasteiger partial charge on any atom is -0.352 e. The summed E-state index contributed by atoms with van der Waals surface area (Å²) in [5.74, 6) is -1.82. The van der Waals surface area contributed by atoms with Gasteiger partial charge in [-0.2, -0.15) is 0 Å². The van der Waals surface area contributed by atoms with Gasteiger partial charge < -0.3 is 10.2 Å². The van der Waals surface area contributed by atoms with Crippen molar-refractivity contribution in [1.29, 1.82) is 0 Å². The summed E-state index contributed by atoms with van der Waals surface area (Å²) in [6.07, 6.45) is 0.198. The highest BCUT2D eigenvalue weighted by Gasteiger charge is 2.35. The fourth-order valence-corrected chi connectivity index (χ4v) is 6.04. The molecule has 0 bridgehead atoms. The Morgan fingerprint density at radius 1 is 0.762 bits per heavy atom. The predicted molar refractivity (Wildman–Crippen MR) is 162 cm³/mol. The highest BCUT2D eigenvalue weighted by atomic mass is 32.2. The summed E-state index contributed by atoms with van der Waals surface area (Å²) in [7, 11) is -4.36. The number of carbonyl (C=O) groups is 2. The molecule has 42 heavy (non-hydrogen) atoms. The van der Waals surface area contributed by atoms with Gasteiger partial charge in [-0.25, -0.2) is 12.8 Å². The lowest BCUT2D eigenvalue weighted by molar-refractivity contribution is -0.140. The Morgan fingerprint density at radius 2 is 1.29 bits per heavy atom. The molecule has 0 fully saturated rings. The summed E-state index contributed by atoms with van der Waals surface area (Å²) in [6, 6.07) is 30.3. The van der Waals surface area contributed by atoms with Gasteiger partial charge in [0.05, 0.1) is 10.6 Å². The van der Waals surface area contributed by atoms with Crippen LogP contribution in [0.1, 0.15) is 25.0 Å². The van der Waals surface area contributed by atoms with Crippen LogP contribution < -0.4 is 9.62 Å². The number of halogens is 1. The molecule has 0 aliphatic carbocycles. The zero-order valence-corrected chi connectivity index (χ0v) is 24.4. The zero-order valence-electron chi connectivity index (χ0n) is 23.6. The number of anilines is 1. The predicted octanol–water partition coefficient (Wildman–Crippen LogP) is 5.19. The van der Waals surface area contributed by atoms with Crippen LogP contribution in [0.2, 0.25) is 0 Å². The molecule has 1 N–H and O–H groups in total. The van der Waals surface area contributed by atoms with E-state index in [9.17, 15) is 18.0 Å². The number of amides is 2. The molecule has 4 aromatic carbocycles. The first kappa shape index (κ1) is 30.5. The Bertz CT molecular complexity index is 1580. The van der Waals surface area contributed by atoms with E-state index < -0.39 is 34.3 Å². The maximum absolute atomic E-state index is 15.1. The van der Waals surface area contributed by atoms with Crippen molar-refractivity contribution in [3.05, 3.63) is 132 Å². The summed E-state index contributed by atoms with van der Waals surface area (Å²) < 4.78 is 43.6. The number of hydrogen-bond donors (Lipinski definition) is 1. The number of carbonyl (C=O) groups excluding carboxylic acids is 2. The highest BCUT2D eigenvalue weighted by molar-refractivity contribution is 7.92. The van der Waals surface area contributed by atoms with E-state index in [2.05, 4.69) is 5.32 Å². The number of hydrogen-bond acceptors (Lipinski definition) is 4. The van der Waals surface area contributed by atoms with Crippen LogP contribution in [-0.4, -0.2) is 43.8 Å². The molecule has 0 radical (unpaired) electrons. The molecule has 218 valence electrons. The van der Waals surface area contributed by atoms with Crippen molar-refractivity contribution in [2.24, 2.45) is 0 Å². The molecule has 0 saturated carbocycles.